The van der Waals surface area contributed by atoms with Gasteiger partial charge in [0, 0.05) is 6.61 Å². The molecule has 0 saturated heterocycles. The Labute approximate surface area is 110 Å². The van der Waals surface area contributed by atoms with Crippen LogP contribution >= 0.6 is 0 Å². The lowest BCUT2D eigenvalue weighted by Crippen LogP contribution is -2.09. The summed E-state index contributed by atoms with van der Waals surface area (Å²) in [4.78, 5) is 0. The molecule has 1 aromatic carbocycles. The third kappa shape index (κ3) is 6.15. The van der Waals surface area contributed by atoms with Crippen LogP contribution in [0.4, 0.5) is 4.39 Å². The number of rotatable bonds is 9. The Bertz CT molecular complexity index is 307. The summed E-state index contributed by atoms with van der Waals surface area (Å²) < 4.78 is 12.8. The highest BCUT2D eigenvalue weighted by Gasteiger charge is 2.08. The van der Waals surface area contributed by atoms with E-state index in [2.05, 4.69) is 6.92 Å². The molecule has 0 amide bonds. The van der Waals surface area contributed by atoms with E-state index in [-0.39, 0.29) is 12.4 Å². The average Bonchev–Trinajstić information content (AvgIpc) is 2.39. The lowest BCUT2D eigenvalue weighted by molar-refractivity contribution is 0.214. The summed E-state index contributed by atoms with van der Waals surface area (Å²) >= 11 is 0. The first-order valence-corrected chi connectivity index (χ1v) is 7.11. The molecule has 0 spiro atoms. The lowest BCUT2D eigenvalue weighted by Gasteiger charge is -2.14. The highest BCUT2D eigenvalue weighted by Crippen LogP contribution is 2.16. The standard InChI is InChI=1S/C16H25FO/c1-2-3-4-5-6-7-15(13-18)12-14-8-10-16(17)11-9-14/h8-11,15,18H,2-7,12-13H2,1H3. The molecule has 1 rings (SSSR count). The van der Waals surface area contributed by atoms with E-state index in [0.29, 0.717) is 5.92 Å². The van der Waals surface area contributed by atoms with Gasteiger partial charge >= 0.3 is 0 Å². The van der Waals surface area contributed by atoms with Crippen LogP contribution in [0.1, 0.15) is 51.0 Å². The minimum absolute atomic E-state index is 0.195. The molecule has 0 aromatic heterocycles. The molecule has 0 aliphatic heterocycles. The Balaban J connectivity index is 2.26. The lowest BCUT2D eigenvalue weighted by atomic mass is 9.94. The number of unbranched alkanes of at least 4 members (excludes halogenated alkanes) is 4. The second kappa shape index (κ2) is 9.09. The summed E-state index contributed by atoms with van der Waals surface area (Å²) in [6.45, 7) is 2.44. The van der Waals surface area contributed by atoms with Crippen molar-refractivity contribution in [1.29, 1.82) is 0 Å². The van der Waals surface area contributed by atoms with Crippen molar-refractivity contribution in [1.82, 2.24) is 0 Å². The molecule has 1 nitrogen and oxygen atoms in total. The number of halogens is 1. The van der Waals surface area contributed by atoms with E-state index in [1.54, 1.807) is 0 Å². The maximum Gasteiger partial charge on any atom is 0.123 e. The van der Waals surface area contributed by atoms with Gasteiger partial charge in [-0.3, -0.25) is 0 Å². The molecule has 0 saturated carbocycles. The monoisotopic (exact) mass is 252 g/mol. The van der Waals surface area contributed by atoms with Gasteiger partial charge in [0.25, 0.3) is 0 Å². The van der Waals surface area contributed by atoms with Crippen molar-refractivity contribution < 1.29 is 9.50 Å². The molecule has 1 aromatic rings. The summed E-state index contributed by atoms with van der Waals surface area (Å²) in [5.74, 6) is 0.121. The van der Waals surface area contributed by atoms with Crippen LogP contribution in [0.3, 0.4) is 0 Å². The molecule has 102 valence electrons. The Morgan fingerprint density at radius 2 is 1.72 bits per heavy atom. The molecule has 0 radical (unpaired) electrons. The van der Waals surface area contributed by atoms with Crippen LogP contribution in [0, 0.1) is 11.7 Å². The van der Waals surface area contributed by atoms with Gasteiger partial charge in [-0.1, -0.05) is 51.2 Å². The van der Waals surface area contributed by atoms with Gasteiger partial charge < -0.3 is 5.11 Å². The smallest absolute Gasteiger partial charge is 0.123 e. The molecular weight excluding hydrogens is 227 g/mol. The molecule has 1 unspecified atom stereocenters. The number of hydrogen-bond acceptors (Lipinski definition) is 1. The zero-order chi connectivity index (χ0) is 13.2. The maximum absolute atomic E-state index is 12.8. The Hall–Kier alpha value is -0.890. The molecule has 0 heterocycles. The highest BCUT2D eigenvalue weighted by molar-refractivity contribution is 5.16. The quantitative estimate of drug-likeness (QED) is 0.648. The first-order chi connectivity index (χ1) is 8.76. The molecule has 0 aliphatic rings. The third-order valence-corrected chi connectivity index (χ3v) is 3.41. The van der Waals surface area contributed by atoms with E-state index in [0.717, 1.165) is 18.4 Å². The van der Waals surface area contributed by atoms with E-state index < -0.39 is 0 Å². The van der Waals surface area contributed by atoms with Crippen molar-refractivity contribution in [3.63, 3.8) is 0 Å². The van der Waals surface area contributed by atoms with Crippen LogP contribution in [0.5, 0.6) is 0 Å². The summed E-state index contributed by atoms with van der Waals surface area (Å²) in [7, 11) is 0. The van der Waals surface area contributed by atoms with Gasteiger partial charge in [-0.15, -0.1) is 0 Å². The third-order valence-electron chi connectivity index (χ3n) is 3.41. The van der Waals surface area contributed by atoms with Crippen molar-refractivity contribution in [2.45, 2.75) is 51.9 Å². The van der Waals surface area contributed by atoms with Crippen LogP contribution in [-0.2, 0) is 6.42 Å². The van der Waals surface area contributed by atoms with Gasteiger partial charge in [-0.25, -0.2) is 4.39 Å². The maximum atomic E-state index is 12.8. The molecular formula is C16H25FO. The SMILES string of the molecule is CCCCCCCC(CO)Cc1ccc(F)cc1. The fourth-order valence-corrected chi connectivity index (χ4v) is 2.25. The van der Waals surface area contributed by atoms with Crippen LogP contribution in [0.2, 0.25) is 0 Å². The topological polar surface area (TPSA) is 20.2 Å². The average molecular weight is 252 g/mol. The van der Waals surface area contributed by atoms with Crippen LogP contribution in [-0.4, -0.2) is 11.7 Å². The van der Waals surface area contributed by atoms with Gasteiger partial charge in [0.05, 0.1) is 0 Å². The van der Waals surface area contributed by atoms with Crippen molar-refractivity contribution in [3.05, 3.63) is 35.6 Å². The molecule has 0 aliphatic carbocycles. The summed E-state index contributed by atoms with van der Waals surface area (Å²) in [5, 5.41) is 9.37. The molecule has 18 heavy (non-hydrogen) atoms. The fourth-order valence-electron chi connectivity index (χ4n) is 2.25. The van der Waals surface area contributed by atoms with Crippen LogP contribution < -0.4 is 0 Å². The molecule has 1 atom stereocenters. The van der Waals surface area contributed by atoms with Gasteiger partial charge in [-0.2, -0.15) is 0 Å². The number of benzene rings is 1. The summed E-state index contributed by atoms with van der Waals surface area (Å²) in [6, 6.07) is 6.61. The number of aliphatic hydroxyl groups excluding tert-OH is 1. The second-order valence-corrected chi connectivity index (χ2v) is 5.08. The van der Waals surface area contributed by atoms with Crippen molar-refractivity contribution in [2.24, 2.45) is 5.92 Å². The van der Waals surface area contributed by atoms with Crippen molar-refractivity contribution in [3.8, 4) is 0 Å². The van der Waals surface area contributed by atoms with E-state index in [9.17, 15) is 9.50 Å². The molecule has 1 N–H and O–H groups in total. The van der Waals surface area contributed by atoms with Gasteiger partial charge in [0.1, 0.15) is 5.82 Å². The predicted molar refractivity (Wildman–Crippen MR) is 74.1 cm³/mol. The number of hydrogen-bond donors (Lipinski definition) is 1. The Kier molecular flexibility index (Phi) is 7.66. The van der Waals surface area contributed by atoms with E-state index in [4.69, 9.17) is 0 Å². The van der Waals surface area contributed by atoms with E-state index in [1.807, 2.05) is 12.1 Å². The number of aliphatic hydroxyl groups is 1. The first-order valence-electron chi connectivity index (χ1n) is 7.11. The van der Waals surface area contributed by atoms with Crippen LogP contribution in [0.15, 0.2) is 24.3 Å². The zero-order valence-corrected chi connectivity index (χ0v) is 11.4. The fraction of sp³-hybridized carbons (Fsp3) is 0.625. The van der Waals surface area contributed by atoms with Gasteiger partial charge in [0.15, 0.2) is 0 Å². The minimum Gasteiger partial charge on any atom is -0.396 e. The van der Waals surface area contributed by atoms with Gasteiger partial charge in [-0.05, 0) is 36.5 Å². The predicted octanol–water partition coefficient (Wildman–Crippen LogP) is 4.34. The van der Waals surface area contributed by atoms with Crippen LogP contribution in [0.25, 0.3) is 0 Å². The Morgan fingerprint density at radius 1 is 1.06 bits per heavy atom. The van der Waals surface area contributed by atoms with Gasteiger partial charge in [0.2, 0.25) is 0 Å². The zero-order valence-electron chi connectivity index (χ0n) is 11.4. The van der Waals surface area contributed by atoms with E-state index >= 15 is 0 Å². The molecule has 0 bridgehead atoms. The highest BCUT2D eigenvalue weighted by atomic mass is 19.1. The summed E-state index contributed by atoms with van der Waals surface area (Å²) in [6.07, 6.45) is 8.23. The normalized spacial score (nSPS) is 12.6. The van der Waals surface area contributed by atoms with Crippen molar-refractivity contribution in [2.75, 3.05) is 6.61 Å². The van der Waals surface area contributed by atoms with E-state index in [1.165, 1.54) is 44.2 Å². The largest absolute Gasteiger partial charge is 0.396 e. The van der Waals surface area contributed by atoms with Crippen molar-refractivity contribution >= 4 is 0 Å². The Morgan fingerprint density at radius 3 is 2.33 bits per heavy atom. The first kappa shape index (κ1) is 15.2. The second-order valence-electron chi connectivity index (χ2n) is 5.08. The molecule has 0 fully saturated rings. The minimum atomic E-state index is -0.195. The molecule has 2 heteroatoms. The summed E-state index contributed by atoms with van der Waals surface area (Å²) in [5.41, 5.74) is 1.11.